The summed E-state index contributed by atoms with van der Waals surface area (Å²) in [5, 5.41) is 9.83. The first-order chi connectivity index (χ1) is 15.6. The van der Waals surface area contributed by atoms with Crippen LogP contribution in [0.4, 0.5) is 29.2 Å². The van der Waals surface area contributed by atoms with Crippen LogP contribution in [0.15, 0.2) is 29.4 Å². The summed E-state index contributed by atoms with van der Waals surface area (Å²) in [5.74, 6) is 1.74. The number of hydrogen-bond acceptors (Lipinski definition) is 9. The van der Waals surface area contributed by atoms with Gasteiger partial charge in [0.1, 0.15) is 5.69 Å². The molecule has 9 heteroatoms. The van der Waals surface area contributed by atoms with Crippen molar-refractivity contribution < 1.29 is 0 Å². The van der Waals surface area contributed by atoms with Gasteiger partial charge in [0.2, 0.25) is 17.8 Å². The van der Waals surface area contributed by atoms with Gasteiger partial charge in [0.25, 0.3) is 0 Å². The van der Waals surface area contributed by atoms with Gasteiger partial charge in [-0.3, -0.25) is 0 Å². The number of likely N-dealkylation sites (tertiary alicyclic amines) is 1. The monoisotopic (exact) mass is 438 g/mol. The van der Waals surface area contributed by atoms with E-state index in [1.807, 2.05) is 6.07 Å². The van der Waals surface area contributed by atoms with Gasteiger partial charge < -0.3 is 20.4 Å². The number of aromatic nitrogens is 3. The second kappa shape index (κ2) is 10.7. The predicted molar refractivity (Wildman–Crippen MR) is 129 cm³/mol. The van der Waals surface area contributed by atoms with Crippen LogP contribution in [0.2, 0.25) is 0 Å². The number of nitrogens with one attached hydrogen (secondary N) is 2. The molecule has 2 fully saturated rings. The van der Waals surface area contributed by atoms with Crippen LogP contribution >= 0.6 is 0 Å². The van der Waals surface area contributed by atoms with E-state index in [1.54, 1.807) is 18.2 Å². The highest BCUT2D eigenvalue weighted by molar-refractivity contribution is 5.60. The lowest BCUT2D eigenvalue weighted by Gasteiger charge is -2.35. The molecule has 1 saturated heterocycles. The molecule has 0 unspecified atom stereocenters. The van der Waals surface area contributed by atoms with Gasteiger partial charge in [-0.1, -0.05) is 31.7 Å². The number of benzene rings is 1. The first-order valence-corrected chi connectivity index (χ1v) is 11.7. The Morgan fingerprint density at radius 1 is 1.00 bits per heavy atom. The first-order valence-electron chi connectivity index (χ1n) is 11.7. The van der Waals surface area contributed by atoms with Crippen molar-refractivity contribution in [2.75, 3.05) is 42.7 Å². The van der Waals surface area contributed by atoms with Crippen LogP contribution in [0.25, 0.3) is 0 Å². The quantitative estimate of drug-likeness (QED) is 0.475. The summed E-state index contributed by atoms with van der Waals surface area (Å²) in [6.45, 7) is 2.15. The normalized spacial score (nSPS) is 18.7. The number of nitroso groups, excluding NO2 is 1. The molecule has 1 aromatic carbocycles. The van der Waals surface area contributed by atoms with Crippen LogP contribution < -0.4 is 15.5 Å². The van der Waals surface area contributed by atoms with E-state index in [9.17, 15) is 4.91 Å². The zero-order chi connectivity index (χ0) is 22.3. The van der Waals surface area contributed by atoms with Crippen LogP contribution in [0.5, 0.6) is 0 Å². The minimum atomic E-state index is 0.365. The van der Waals surface area contributed by atoms with E-state index in [1.165, 1.54) is 25.7 Å². The Bertz CT molecular complexity index is 891. The molecule has 0 bridgehead atoms. The fraction of sp³-hybridized carbons (Fsp3) is 0.609. The highest BCUT2D eigenvalue weighted by Crippen LogP contribution is 2.25. The molecule has 2 heterocycles. The van der Waals surface area contributed by atoms with Gasteiger partial charge in [0.05, 0.1) is 0 Å². The molecule has 0 amide bonds. The number of hydrogen-bond donors (Lipinski definition) is 2. The molecule has 1 aliphatic heterocycles. The van der Waals surface area contributed by atoms with E-state index < -0.39 is 0 Å². The Morgan fingerprint density at radius 3 is 2.44 bits per heavy atom. The number of piperidine rings is 1. The van der Waals surface area contributed by atoms with Gasteiger partial charge in [-0.15, -0.1) is 4.91 Å². The van der Waals surface area contributed by atoms with Crippen LogP contribution in [0.3, 0.4) is 0 Å². The third-order valence-electron chi connectivity index (χ3n) is 6.57. The van der Waals surface area contributed by atoms with Crippen molar-refractivity contribution in [3.05, 3.63) is 29.2 Å². The highest BCUT2D eigenvalue weighted by Gasteiger charge is 2.24. The van der Waals surface area contributed by atoms with Crippen LogP contribution in [0.1, 0.15) is 51.4 Å². The largest absolute Gasteiger partial charge is 0.351 e. The van der Waals surface area contributed by atoms with Crippen molar-refractivity contribution in [2.24, 2.45) is 5.18 Å². The second-order valence-electron chi connectivity index (χ2n) is 9.03. The number of anilines is 4. The fourth-order valence-electron chi connectivity index (χ4n) is 4.56. The Labute approximate surface area is 190 Å². The molecule has 172 valence electrons. The minimum Gasteiger partial charge on any atom is -0.351 e. The Kier molecular flexibility index (Phi) is 7.47. The lowest BCUT2D eigenvalue weighted by molar-refractivity contribution is 0.252. The van der Waals surface area contributed by atoms with Crippen molar-refractivity contribution in [3.8, 4) is 0 Å². The molecule has 2 aliphatic rings. The van der Waals surface area contributed by atoms with Crippen molar-refractivity contribution in [1.29, 1.82) is 0 Å². The summed E-state index contributed by atoms with van der Waals surface area (Å²) in [6.07, 6.45) is 9.52. The lowest BCUT2D eigenvalue weighted by atomic mass is 10.0. The summed E-state index contributed by atoms with van der Waals surface area (Å²) in [6, 6.07) is 7.80. The highest BCUT2D eigenvalue weighted by atomic mass is 16.3. The molecule has 0 spiro atoms. The van der Waals surface area contributed by atoms with Crippen molar-refractivity contribution in [3.63, 3.8) is 0 Å². The maximum atomic E-state index is 10.9. The van der Waals surface area contributed by atoms with E-state index in [0.717, 1.165) is 44.5 Å². The topological polar surface area (TPSA) is 98.6 Å². The molecule has 0 atom stereocenters. The van der Waals surface area contributed by atoms with Gasteiger partial charge in [-0.05, 0) is 69.2 Å². The molecule has 2 aromatic rings. The Morgan fingerprint density at radius 2 is 1.72 bits per heavy atom. The third kappa shape index (κ3) is 5.91. The molecular formula is C23H34N8O. The molecule has 4 rings (SSSR count). The fourth-order valence-corrected chi connectivity index (χ4v) is 4.56. The maximum absolute atomic E-state index is 10.9. The van der Waals surface area contributed by atoms with E-state index >= 15 is 0 Å². The van der Waals surface area contributed by atoms with Crippen molar-refractivity contribution in [1.82, 2.24) is 19.9 Å². The zero-order valence-electron chi connectivity index (χ0n) is 19.1. The SMILES string of the molecule is CN1CCC(N(C)c2nc(Nc3cccc(N=O)c3)nc(NC3CCCCCC3)n2)CC1. The van der Waals surface area contributed by atoms with E-state index in [-0.39, 0.29) is 0 Å². The molecule has 1 aromatic heterocycles. The summed E-state index contributed by atoms with van der Waals surface area (Å²) >= 11 is 0. The molecular weight excluding hydrogens is 404 g/mol. The minimum absolute atomic E-state index is 0.365. The van der Waals surface area contributed by atoms with Crippen LogP contribution in [0, 0.1) is 4.91 Å². The van der Waals surface area contributed by atoms with Gasteiger partial charge in [-0.2, -0.15) is 15.0 Å². The molecule has 1 saturated carbocycles. The van der Waals surface area contributed by atoms with Crippen molar-refractivity contribution >= 4 is 29.2 Å². The van der Waals surface area contributed by atoms with Gasteiger partial charge in [-0.25, -0.2) is 0 Å². The first kappa shape index (κ1) is 22.4. The van der Waals surface area contributed by atoms with E-state index in [4.69, 9.17) is 9.97 Å². The van der Waals surface area contributed by atoms with Gasteiger partial charge >= 0.3 is 0 Å². The number of rotatable bonds is 7. The van der Waals surface area contributed by atoms with E-state index in [2.05, 4.69) is 44.7 Å². The summed E-state index contributed by atoms with van der Waals surface area (Å²) in [4.78, 5) is 29.6. The van der Waals surface area contributed by atoms with Gasteiger partial charge in [0.15, 0.2) is 0 Å². The Hall–Kier alpha value is -2.81. The summed E-state index contributed by atoms with van der Waals surface area (Å²) in [5.41, 5.74) is 1.09. The van der Waals surface area contributed by atoms with Gasteiger partial charge in [0, 0.05) is 24.8 Å². The average molecular weight is 439 g/mol. The third-order valence-corrected chi connectivity index (χ3v) is 6.57. The summed E-state index contributed by atoms with van der Waals surface area (Å²) < 4.78 is 0. The Balaban J connectivity index is 1.58. The second-order valence-corrected chi connectivity index (χ2v) is 9.03. The van der Waals surface area contributed by atoms with Crippen LogP contribution in [-0.2, 0) is 0 Å². The molecule has 1 aliphatic carbocycles. The predicted octanol–water partition coefficient (Wildman–Crippen LogP) is 4.68. The number of nitrogens with zero attached hydrogens (tertiary/aromatic N) is 6. The zero-order valence-corrected chi connectivity index (χ0v) is 19.1. The molecule has 32 heavy (non-hydrogen) atoms. The molecule has 9 nitrogen and oxygen atoms in total. The standard InChI is InChI=1S/C23H34N8O/c1-30-14-12-20(13-15-30)31(2)23-27-21(24-17-8-5-3-4-6-9-17)26-22(28-23)25-18-10-7-11-19(16-18)29-32/h7,10-11,16-17,20H,3-6,8-9,12-15H2,1-2H3,(H2,24,25,26,27,28). The molecule has 2 N–H and O–H groups in total. The van der Waals surface area contributed by atoms with Crippen molar-refractivity contribution in [2.45, 2.75) is 63.5 Å². The van der Waals surface area contributed by atoms with Crippen LogP contribution in [-0.4, -0.2) is 59.1 Å². The lowest BCUT2D eigenvalue weighted by Crippen LogP contribution is -2.42. The maximum Gasteiger partial charge on any atom is 0.233 e. The molecule has 0 radical (unpaired) electrons. The average Bonchev–Trinajstić information content (AvgIpc) is 3.08. The summed E-state index contributed by atoms with van der Waals surface area (Å²) in [7, 11) is 4.24. The smallest absolute Gasteiger partial charge is 0.233 e. The van der Waals surface area contributed by atoms with E-state index in [0.29, 0.717) is 35.6 Å².